The van der Waals surface area contributed by atoms with Crippen molar-refractivity contribution in [1.82, 2.24) is 5.32 Å². The zero-order valence-corrected chi connectivity index (χ0v) is 18.1. The van der Waals surface area contributed by atoms with Crippen molar-refractivity contribution in [3.05, 3.63) is 59.2 Å². The third-order valence-corrected chi connectivity index (χ3v) is 5.03. The molecule has 188 valence electrons. The molecule has 0 saturated carbocycles. The smallest absolute Gasteiger partial charge is 0.433 e. The van der Waals surface area contributed by atoms with E-state index in [9.17, 15) is 31.1 Å². The van der Waals surface area contributed by atoms with E-state index in [-0.39, 0.29) is 18.8 Å². The maximum Gasteiger partial charge on any atom is 0.433 e. The van der Waals surface area contributed by atoms with Crippen LogP contribution in [0.3, 0.4) is 0 Å². The molecule has 35 heavy (non-hydrogen) atoms. The zero-order valence-electron chi connectivity index (χ0n) is 18.1. The van der Waals surface area contributed by atoms with E-state index in [0.29, 0.717) is 22.3 Å². The fourth-order valence-electron chi connectivity index (χ4n) is 3.38. The van der Waals surface area contributed by atoms with Crippen LogP contribution in [-0.2, 0) is 22.2 Å². The van der Waals surface area contributed by atoms with Gasteiger partial charge in [-0.05, 0) is 35.9 Å². The Morgan fingerprint density at radius 1 is 1.17 bits per heavy atom. The number of amides is 1. The highest BCUT2D eigenvalue weighted by Crippen LogP contribution is 2.39. The molecule has 0 spiro atoms. The van der Waals surface area contributed by atoms with Gasteiger partial charge in [-0.25, -0.2) is 4.79 Å². The number of carbonyl (C=O) groups excluding carboxylic acids is 1. The van der Waals surface area contributed by atoms with Crippen molar-refractivity contribution < 1.29 is 45.3 Å². The quantitative estimate of drug-likeness (QED) is 0.580. The van der Waals surface area contributed by atoms with E-state index >= 15 is 0 Å². The van der Waals surface area contributed by atoms with Gasteiger partial charge in [0, 0.05) is 12.2 Å². The topological polar surface area (TPSA) is 83.8 Å². The lowest BCUT2D eigenvalue weighted by Crippen LogP contribution is -2.42. The maximum absolute atomic E-state index is 13.6. The van der Waals surface area contributed by atoms with Gasteiger partial charge < -0.3 is 24.4 Å². The van der Waals surface area contributed by atoms with E-state index in [2.05, 4.69) is 10.1 Å². The summed E-state index contributed by atoms with van der Waals surface area (Å²) in [5.41, 5.74) is -1.71. The fourth-order valence-corrected chi connectivity index (χ4v) is 3.38. The summed E-state index contributed by atoms with van der Waals surface area (Å²) in [6.45, 7) is -0.509. The summed E-state index contributed by atoms with van der Waals surface area (Å²) >= 11 is 0. The molecular weight excluding hydrogens is 484 g/mol. The van der Waals surface area contributed by atoms with E-state index in [4.69, 9.17) is 14.7 Å². The first kappa shape index (κ1) is 26.0. The van der Waals surface area contributed by atoms with Crippen molar-refractivity contribution in [2.45, 2.75) is 31.2 Å². The van der Waals surface area contributed by atoms with Gasteiger partial charge in [0.15, 0.2) is 0 Å². The number of hydrogen-bond acceptors (Lipinski definition) is 6. The number of benzene rings is 2. The molecule has 2 aromatic carbocycles. The Bertz CT molecular complexity index is 1080. The second kappa shape index (κ2) is 10.3. The molecular formula is C22H19F6N3O4. The van der Waals surface area contributed by atoms with E-state index in [1.807, 2.05) is 0 Å². The molecule has 0 radical (unpaired) electrons. The highest BCUT2D eigenvalue weighted by Gasteiger charge is 2.51. The summed E-state index contributed by atoms with van der Waals surface area (Å²) in [5.74, 6) is 0.315. The van der Waals surface area contributed by atoms with Gasteiger partial charge in [0.1, 0.15) is 18.5 Å². The number of nitriles is 1. The molecule has 1 fully saturated rings. The normalized spacial score (nSPS) is 18.2. The number of halogens is 6. The van der Waals surface area contributed by atoms with E-state index in [0.717, 1.165) is 12.1 Å². The van der Waals surface area contributed by atoms with Crippen molar-refractivity contribution in [2.24, 2.45) is 0 Å². The van der Waals surface area contributed by atoms with E-state index in [1.165, 1.54) is 13.2 Å². The highest BCUT2D eigenvalue weighted by molar-refractivity contribution is 5.66. The van der Waals surface area contributed by atoms with Gasteiger partial charge in [-0.2, -0.15) is 31.6 Å². The number of hydrogen-bond donors (Lipinski definition) is 1. The third kappa shape index (κ3) is 6.48. The van der Waals surface area contributed by atoms with Crippen molar-refractivity contribution in [3.63, 3.8) is 0 Å². The van der Waals surface area contributed by atoms with Gasteiger partial charge in [-0.15, -0.1) is 0 Å². The minimum absolute atomic E-state index is 0.186. The van der Waals surface area contributed by atoms with Crippen LogP contribution < -0.4 is 15.0 Å². The van der Waals surface area contributed by atoms with E-state index in [1.54, 1.807) is 24.3 Å². The number of carbonyl (C=O) groups is 1. The number of ether oxygens (including phenoxy) is 3. The first-order valence-electron chi connectivity index (χ1n) is 10.1. The number of methoxy groups -OCH3 is 1. The van der Waals surface area contributed by atoms with Crippen LogP contribution in [0.5, 0.6) is 5.75 Å². The standard InChI is InChI=1S/C22H19F6N3O4/c1-33-20(32)30-10-13-2-6-16(7-3-13)34-12-17-11-31(19(35-17)22(26,27)28)15-5-4-14(9-29)18(8-15)21(23,24)25/h2-8,17,19H,10-12H2,1H3,(H,30,32). The molecule has 1 aliphatic rings. The third-order valence-electron chi connectivity index (χ3n) is 5.03. The van der Waals surface area contributed by atoms with Crippen molar-refractivity contribution in [3.8, 4) is 11.8 Å². The largest absolute Gasteiger partial charge is 0.491 e. The van der Waals surface area contributed by atoms with Crippen LogP contribution >= 0.6 is 0 Å². The van der Waals surface area contributed by atoms with Crippen LogP contribution in [0.25, 0.3) is 0 Å². The molecule has 13 heteroatoms. The molecule has 2 aromatic rings. The summed E-state index contributed by atoms with van der Waals surface area (Å²) < 4.78 is 95.6. The number of nitrogens with one attached hydrogen (secondary N) is 1. The highest BCUT2D eigenvalue weighted by atomic mass is 19.4. The Hall–Kier alpha value is -3.66. The van der Waals surface area contributed by atoms with Crippen LogP contribution in [0, 0.1) is 11.3 Å². The van der Waals surface area contributed by atoms with Crippen LogP contribution in [0.2, 0.25) is 0 Å². The Balaban J connectivity index is 1.71. The van der Waals surface area contributed by atoms with Gasteiger partial charge >= 0.3 is 18.4 Å². The van der Waals surface area contributed by atoms with Crippen LogP contribution in [0.15, 0.2) is 42.5 Å². The van der Waals surface area contributed by atoms with Gasteiger partial charge in [0.25, 0.3) is 0 Å². The van der Waals surface area contributed by atoms with Crippen molar-refractivity contribution in [2.75, 3.05) is 25.2 Å². The minimum Gasteiger partial charge on any atom is -0.491 e. The van der Waals surface area contributed by atoms with Crippen LogP contribution in [0.4, 0.5) is 36.8 Å². The van der Waals surface area contributed by atoms with Gasteiger partial charge in [-0.1, -0.05) is 12.1 Å². The molecule has 0 aromatic heterocycles. The number of anilines is 1. The molecule has 2 unspecified atom stereocenters. The number of rotatable bonds is 6. The Morgan fingerprint density at radius 3 is 2.43 bits per heavy atom. The van der Waals surface area contributed by atoms with Gasteiger partial charge in [-0.3, -0.25) is 0 Å². The monoisotopic (exact) mass is 503 g/mol. The second-order valence-electron chi connectivity index (χ2n) is 7.44. The Labute approximate surface area is 195 Å². The average Bonchev–Trinajstić information content (AvgIpc) is 3.26. The molecule has 3 rings (SSSR count). The first-order chi connectivity index (χ1) is 16.4. The Morgan fingerprint density at radius 2 is 1.86 bits per heavy atom. The number of alkyl carbamates (subject to hydrolysis) is 1. The zero-order chi connectivity index (χ0) is 25.8. The summed E-state index contributed by atoms with van der Waals surface area (Å²) in [4.78, 5) is 11.8. The maximum atomic E-state index is 13.6. The summed E-state index contributed by atoms with van der Waals surface area (Å²) in [5, 5.41) is 11.4. The Kier molecular flexibility index (Phi) is 7.64. The lowest BCUT2D eigenvalue weighted by molar-refractivity contribution is -0.215. The molecule has 1 heterocycles. The van der Waals surface area contributed by atoms with Gasteiger partial charge in [0.2, 0.25) is 6.23 Å². The summed E-state index contributed by atoms with van der Waals surface area (Å²) in [6.07, 6.45) is -14.0. The molecule has 1 aliphatic heterocycles. The van der Waals surface area contributed by atoms with Crippen molar-refractivity contribution >= 4 is 11.8 Å². The average molecular weight is 503 g/mol. The molecule has 2 atom stereocenters. The van der Waals surface area contributed by atoms with Crippen LogP contribution in [-0.4, -0.2) is 44.9 Å². The van der Waals surface area contributed by atoms with E-state index < -0.39 is 48.4 Å². The number of alkyl halides is 6. The molecule has 0 aliphatic carbocycles. The molecule has 0 bridgehead atoms. The van der Waals surface area contributed by atoms with Crippen molar-refractivity contribution in [1.29, 1.82) is 5.26 Å². The molecule has 7 nitrogen and oxygen atoms in total. The summed E-state index contributed by atoms with van der Waals surface area (Å²) in [7, 11) is 1.22. The predicted octanol–water partition coefficient (Wildman–Crippen LogP) is 4.61. The lowest BCUT2D eigenvalue weighted by Gasteiger charge is -2.27. The predicted molar refractivity (Wildman–Crippen MR) is 109 cm³/mol. The van der Waals surface area contributed by atoms with Crippen LogP contribution in [0.1, 0.15) is 16.7 Å². The summed E-state index contributed by atoms with van der Waals surface area (Å²) in [6, 6.07) is 10.1. The van der Waals surface area contributed by atoms with Gasteiger partial charge in [0.05, 0.1) is 30.9 Å². The molecule has 1 saturated heterocycles. The SMILES string of the molecule is COC(=O)NCc1ccc(OCC2CN(c3ccc(C#N)c(C(F)(F)F)c3)C(C(F)(F)F)O2)cc1. The fraction of sp³-hybridized carbons (Fsp3) is 0.364. The minimum atomic E-state index is -4.92. The lowest BCUT2D eigenvalue weighted by atomic mass is 10.1. The second-order valence-corrected chi connectivity index (χ2v) is 7.44. The molecule has 1 amide bonds. The molecule has 1 N–H and O–H groups in total. The first-order valence-corrected chi connectivity index (χ1v) is 10.1. The number of nitrogens with zero attached hydrogens (tertiary/aromatic N) is 2.